The lowest BCUT2D eigenvalue weighted by atomic mass is 10.1. The average Bonchev–Trinajstić information content (AvgIpc) is 1.83. The molecule has 0 aromatic rings. The predicted molar refractivity (Wildman–Crippen MR) is 46.9 cm³/mol. The van der Waals surface area contributed by atoms with Gasteiger partial charge < -0.3 is 4.90 Å². The molecule has 1 heteroatoms. The molecule has 0 aliphatic heterocycles. The molecular weight excluding hydrogens is 122 g/mol. The van der Waals surface area contributed by atoms with E-state index in [1.807, 2.05) is 0 Å². The van der Waals surface area contributed by atoms with E-state index in [0.29, 0.717) is 0 Å². The smallest absolute Gasteiger partial charge is 0.0311 e. The van der Waals surface area contributed by atoms with Gasteiger partial charge in [-0.15, -0.1) is 0 Å². The lowest BCUT2D eigenvalue weighted by Crippen LogP contribution is -2.36. The second-order valence-corrected chi connectivity index (χ2v) is 3.66. The summed E-state index contributed by atoms with van der Waals surface area (Å²) in [6.07, 6.45) is 2.13. The molecule has 0 aliphatic carbocycles. The Hall–Kier alpha value is -0.460. The first kappa shape index (κ1) is 9.54. The van der Waals surface area contributed by atoms with E-state index >= 15 is 0 Å². The van der Waals surface area contributed by atoms with Crippen molar-refractivity contribution in [3.63, 3.8) is 0 Å². The maximum Gasteiger partial charge on any atom is 0.0311 e. The Morgan fingerprint density at radius 3 is 1.80 bits per heavy atom. The van der Waals surface area contributed by atoms with E-state index in [2.05, 4.69) is 52.6 Å². The van der Waals surface area contributed by atoms with Crippen molar-refractivity contribution >= 4 is 0 Å². The highest BCUT2D eigenvalue weighted by Crippen LogP contribution is 2.15. The van der Waals surface area contributed by atoms with Crippen molar-refractivity contribution in [2.75, 3.05) is 7.05 Å². The van der Waals surface area contributed by atoms with Crippen LogP contribution in [-0.4, -0.2) is 17.5 Å². The van der Waals surface area contributed by atoms with Crippen LogP contribution in [-0.2, 0) is 0 Å². The summed E-state index contributed by atoms with van der Waals surface area (Å²) in [5, 5.41) is 0. The Bertz CT molecular complexity index is 128. The highest BCUT2D eigenvalue weighted by Gasteiger charge is 2.15. The zero-order valence-corrected chi connectivity index (χ0v) is 8.02. The zero-order chi connectivity index (χ0) is 8.36. The normalized spacial score (nSPS) is 13.6. The lowest BCUT2D eigenvalue weighted by Gasteiger charge is -2.34. The van der Waals surface area contributed by atoms with Crippen LogP contribution in [0.25, 0.3) is 0 Å². The molecule has 0 aromatic carbocycles. The van der Waals surface area contributed by atoms with Crippen molar-refractivity contribution in [2.45, 2.75) is 40.2 Å². The summed E-state index contributed by atoms with van der Waals surface area (Å²) >= 11 is 0. The number of hydrogen-bond donors (Lipinski definition) is 0. The van der Waals surface area contributed by atoms with Gasteiger partial charge in [0.15, 0.2) is 0 Å². The molecule has 0 heterocycles. The standard InChI is InChI=1S/C9H19N/c1-7-8(2)10(6)9(3,4)5/h7H,1-6H3/b8-7-. The molecule has 0 bridgehead atoms. The fourth-order valence-electron chi connectivity index (χ4n) is 0.723. The predicted octanol–water partition coefficient (Wildman–Crippen LogP) is 2.64. The van der Waals surface area contributed by atoms with Gasteiger partial charge in [0.05, 0.1) is 0 Å². The summed E-state index contributed by atoms with van der Waals surface area (Å²) in [6.45, 7) is 10.8. The minimum atomic E-state index is 0.247. The fourth-order valence-corrected chi connectivity index (χ4v) is 0.723. The van der Waals surface area contributed by atoms with Crippen LogP contribution in [0, 0.1) is 0 Å². The molecule has 10 heavy (non-hydrogen) atoms. The second kappa shape index (κ2) is 3.09. The third-order valence-electron chi connectivity index (χ3n) is 1.95. The highest BCUT2D eigenvalue weighted by atomic mass is 15.2. The first-order chi connectivity index (χ1) is 4.39. The topological polar surface area (TPSA) is 3.24 Å². The van der Waals surface area contributed by atoms with Crippen molar-refractivity contribution < 1.29 is 0 Å². The van der Waals surface area contributed by atoms with Crippen LogP contribution >= 0.6 is 0 Å². The van der Waals surface area contributed by atoms with Gasteiger partial charge in [0.2, 0.25) is 0 Å². The summed E-state index contributed by atoms with van der Waals surface area (Å²) < 4.78 is 0. The van der Waals surface area contributed by atoms with E-state index in [0.717, 1.165) is 0 Å². The van der Waals surface area contributed by atoms with Gasteiger partial charge >= 0.3 is 0 Å². The van der Waals surface area contributed by atoms with Gasteiger partial charge in [-0.05, 0) is 34.6 Å². The van der Waals surface area contributed by atoms with Crippen molar-refractivity contribution in [3.8, 4) is 0 Å². The van der Waals surface area contributed by atoms with Gasteiger partial charge in [0.1, 0.15) is 0 Å². The molecule has 60 valence electrons. The summed E-state index contributed by atoms with van der Waals surface area (Å²) in [7, 11) is 2.12. The van der Waals surface area contributed by atoms with Gasteiger partial charge in [-0.25, -0.2) is 0 Å². The van der Waals surface area contributed by atoms with Crippen molar-refractivity contribution in [1.82, 2.24) is 4.90 Å². The van der Waals surface area contributed by atoms with Gasteiger partial charge in [-0.2, -0.15) is 0 Å². The van der Waals surface area contributed by atoms with E-state index in [1.165, 1.54) is 5.70 Å². The molecule has 0 saturated heterocycles. The van der Waals surface area contributed by atoms with Gasteiger partial charge in [0, 0.05) is 18.3 Å². The van der Waals surface area contributed by atoms with Crippen LogP contribution in [0.2, 0.25) is 0 Å². The number of allylic oxidation sites excluding steroid dienone is 2. The molecule has 0 amide bonds. The molecule has 0 unspecified atom stereocenters. The van der Waals surface area contributed by atoms with Crippen LogP contribution < -0.4 is 0 Å². The van der Waals surface area contributed by atoms with Crippen LogP contribution in [0.3, 0.4) is 0 Å². The third kappa shape index (κ3) is 2.42. The largest absolute Gasteiger partial charge is 0.374 e. The maximum atomic E-state index is 2.27. The van der Waals surface area contributed by atoms with E-state index < -0.39 is 0 Å². The summed E-state index contributed by atoms with van der Waals surface area (Å²) in [4.78, 5) is 2.27. The van der Waals surface area contributed by atoms with E-state index in [9.17, 15) is 0 Å². The molecular formula is C9H19N. The fraction of sp³-hybridized carbons (Fsp3) is 0.778. The van der Waals surface area contributed by atoms with Gasteiger partial charge in [0.25, 0.3) is 0 Å². The highest BCUT2D eigenvalue weighted by molar-refractivity contribution is 4.98. The number of hydrogen-bond acceptors (Lipinski definition) is 1. The third-order valence-corrected chi connectivity index (χ3v) is 1.95. The van der Waals surface area contributed by atoms with E-state index in [4.69, 9.17) is 0 Å². The van der Waals surface area contributed by atoms with Crippen LogP contribution in [0.15, 0.2) is 11.8 Å². The lowest BCUT2D eigenvalue weighted by molar-refractivity contribution is 0.228. The average molecular weight is 141 g/mol. The number of rotatable bonds is 1. The Morgan fingerprint density at radius 1 is 1.30 bits per heavy atom. The zero-order valence-electron chi connectivity index (χ0n) is 8.02. The van der Waals surface area contributed by atoms with Crippen LogP contribution in [0.4, 0.5) is 0 Å². The quantitative estimate of drug-likeness (QED) is 0.542. The van der Waals surface area contributed by atoms with Gasteiger partial charge in [-0.1, -0.05) is 6.08 Å². The first-order valence-corrected chi connectivity index (χ1v) is 3.76. The maximum absolute atomic E-state index is 2.27. The molecule has 0 atom stereocenters. The Labute approximate surface area is 64.7 Å². The van der Waals surface area contributed by atoms with Crippen LogP contribution in [0.5, 0.6) is 0 Å². The van der Waals surface area contributed by atoms with Crippen molar-refractivity contribution in [2.24, 2.45) is 0 Å². The molecule has 0 fully saturated rings. The molecule has 0 N–H and O–H groups in total. The summed E-state index contributed by atoms with van der Waals surface area (Å²) in [5.41, 5.74) is 1.57. The molecule has 1 nitrogen and oxygen atoms in total. The summed E-state index contributed by atoms with van der Waals surface area (Å²) in [5.74, 6) is 0. The Balaban J connectivity index is 4.23. The second-order valence-electron chi connectivity index (χ2n) is 3.66. The monoisotopic (exact) mass is 141 g/mol. The molecule has 0 aromatic heterocycles. The minimum absolute atomic E-state index is 0.247. The Morgan fingerprint density at radius 2 is 1.70 bits per heavy atom. The number of nitrogens with zero attached hydrogens (tertiary/aromatic N) is 1. The Kier molecular flexibility index (Phi) is 2.95. The van der Waals surface area contributed by atoms with Crippen molar-refractivity contribution in [1.29, 1.82) is 0 Å². The molecule has 0 spiro atoms. The van der Waals surface area contributed by atoms with Crippen molar-refractivity contribution in [3.05, 3.63) is 11.8 Å². The minimum Gasteiger partial charge on any atom is -0.374 e. The SMILES string of the molecule is C/C=C(/C)N(C)C(C)(C)C. The molecule has 0 aliphatic rings. The molecule has 0 radical (unpaired) electrons. The molecule has 0 rings (SSSR count). The van der Waals surface area contributed by atoms with E-state index in [-0.39, 0.29) is 5.54 Å². The molecule has 0 saturated carbocycles. The summed E-state index contributed by atoms with van der Waals surface area (Å²) in [6, 6.07) is 0. The van der Waals surface area contributed by atoms with E-state index in [1.54, 1.807) is 0 Å². The first-order valence-electron chi connectivity index (χ1n) is 3.76. The van der Waals surface area contributed by atoms with Gasteiger partial charge in [-0.3, -0.25) is 0 Å². The van der Waals surface area contributed by atoms with Crippen LogP contribution in [0.1, 0.15) is 34.6 Å².